The Morgan fingerprint density at radius 2 is 1.80 bits per heavy atom. The number of nitrogen functional groups attached to an aromatic ring is 1. The third-order valence-corrected chi connectivity index (χ3v) is 7.38. The number of rotatable bonds is 8. The number of nitriles is 1. The first-order chi connectivity index (χ1) is 16.9. The van der Waals surface area contributed by atoms with Gasteiger partial charge in [-0.3, -0.25) is 15.1 Å². The molecule has 6 nitrogen and oxygen atoms in total. The number of hydrogen-bond donors (Lipinski definition) is 2. The Labute approximate surface area is 207 Å². The minimum atomic E-state index is -0.0773. The van der Waals surface area contributed by atoms with E-state index in [1.165, 1.54) is 19.3 Å². The van der Waals surface area contributed by atoms with E-state index in [0.29, 0.717) is 35.3 Å². The molecule has 182 valence electrons. The van der Waals surface area contributed by atoms with E-state index in [2.05, 4.69) is 24.8 Å². The summed E-state index contributed by atoms with van der Waals surface area (Å²) < 4.78 is 1.82. The van der Waals surface area contributed by atoms with Crippen LogP contribution in [0.3, 0.4) is 0 Å². The summed E-state index contributed by atoms with van der Waals surface area (Å²) in [6.07, 6.45) is 6.96. The number of amidine groups is 1. The molecule has 2 heterocycles. The van der Waals surface area contributed by atoms with Crippen molar-refractivity contribution in [2.24, 2.45) is 5.73 Å². The Morgan fingerprint density at radius 1 is 1.06 bits per heavy atom. The number of nitrogens with one attached hydrogen (secondary N) is 1. The molecule has 1 fully saturated rings. The summed E-state index contributed by atoms with van der Waals surface area (Å²) in [4.78, 5) is 16.3. The molecule has 2 atom stereocenters. The highest BCUT2D eigenvalue weighted by Gasteiger charge is 2.23. The van der Waals surface area contributed by atoms with E-state index in [9.17, 15) is 10.1 Å². The molecule has 3 aromatic rings. The number of benzene rings is 2. The number of piperidine rings is 1. The second kappa shape index (κ2) is 10.9. The molecule has 0 saturated carbocycles. The highest BCUT2D eigenvalue weighted by molar-refractivity contribution is 5.96. The van der Waals surface area contributed by atoms with Gasteiger partial charge in [0.1, 0.15) is 5.84 Å². The van der Waals surface area contributed by atoms with Gasteiger partial charge >= 0.3 is 0 Å². The lowest BCUT2D eigenvalue weighted by molar-refractivity contribution is 0.101. The lowest BCUT2D eigenvalue weighted by Crippen LogP contribution is -2.44. The summed E-state index contributed by atoms with van der Waals surface area (Å²) >= 11 is 0. The molecule has 0 spiro atoms. The van der Waals surface area contributed by atoms with Gasteiger partial charge in [0.2, 0.25) is 0 Å². The molecule has 3 N–H and O–H groups in total. The van der Waals surface area contributed by atoms with Crippen molar-refractivity contribution >= 4 is 16.7 Å². The minimum Gasteiger partial charge on any atom is -0.384 e. The van der Waals surface area contributed by atoms with Crippen LogP contribution in [0.2, 0.25) is 0 Å². The maximum atomic E-state index is 13.6. The Morgan fingerprint density at radius 3 is 2.51 bits per heavy atom. The molecular weight excluding hydrogens is 434 g/mol. The second-order valence-electron chi connectivity index (χ2n) is 9.82. The molecule has 1 aromatic heterocycles. The zero-order chi connectivity index (χ0) is 24.9. The monoisotopic (exact) mass is 469 g/mol. The van der Waals surface area contributed by atoms with Gasteiger partial charge in [-0.15, -0.1) is 0 Å². The number of aromatic nitrogens is 1. The number of unbranched alkanes of at least 4 members (excludes halogenated alkanes) is 2. The van der Waals surface area contributed by atoms with Gasteiger partial charge in [-0.25, -0.2) is 0 Å². The predicted molar refractivity (Wildman–Crippen MR) is 143 cm³/mol. The Bertz CT molecular complexity index is 1310. The van der Waals surface area contributed by atoms with Gasteiger partial charge in [0.15, 0.2) is 0 Å². The first-order valence-electron chi connectivity index (χ1n) is 12.7. The predicted octanol–water partition coefficient (Wildman–Crippen LogP) is 5.26. The van der Waals surface area contributed by atoms with E-state index in [-0.39, 0.29) is 11.4 Å². The molecule has 0 bridgehead atoms. The van der Waals surface area contributed by atoms with Crippen LogP contribution in [0.25, 0.3) is 22.0 Å². The van der Waals surface area contributed by atoms with Crippen LogP contribution < -0.4 is 11.3 Å². The molecule has 0 amide bonds. The summed E-state index contributed by atoms with van der Waals surface area (Å²) in [5.74, 6) is -0.0241. The lowest BCUT2D eigenvalue weighted by atomic mass is 9.97. The fraction of sp³-hybridized carbons (Fsp3) is 0.414. The van der Waals surface area contributed by atoms with E-state index in [1.54, 1.807) is 18.2 Å². The maximum absolute atomic E-state index is 13.6. The topological polar surface area (TPSA) is 98.9 Å². The zero-order valence-electron chi connectivity index (χ0n) is 20.8. The summed E-state index contributed by atoms with van der Waals surface area (Å²) in [5, 5.41) is 18.1. The fourth-order valence-electron chi connectivity index (χ4n) is 5.38. The van der Waals surface area contributed by atoms with Crippen LogP contribution in [-0.2, 0) is 6.54 Å². The maximum Gasteiger partial charge on any atom is 0.258 e. The molecule has 0 radical (unpaired) electrons. The number of hydrogen-bond acceptors (Lipinski definition) is 4. The van der Waals surface area contributed by atoms with Gasteiger partial charge in [0.05, 0.1) is 17.1 Å². The number of likely N-dealkylation sites (tertiary alicyclic amines) is 1. The van der Waals surface area contributed by atoms with E-state index in [1.807, 2.05) is 34.9 Å². The van der Waals surface area contributed by atoms with Crippen molar-refractivity contribution in [2.45, 2.75) is 71.0 Å². The third-order valence-electron chi connectivity index (χ3n) is 7.38. The van der Waals surface area contributed by atoms with E-state index < -0.39 is 0 Å². The van der Waals surface area contributed by atoms with Gasteiger partial charge in [0.25, 0.3) is 5.56 Å². The molecule has 0 unspecified atom stereocenters. The van der Waals surface area contributed by atoms with Gasteiger partial charge < -0.3 is 10.3 Å². The van der Waals surface area contributed by atoms with Crippen LogP contribution in [0, 0.1) is 16.7 Å². The SMILES string of the molecule is C[C@@H]1CCC[C@H](C)N1CCCCCn1c(=O)c(-c2cccc(C(=N)N)c2)cc2ccc(C#N)cc21. The van der Waals surface area contributed by atoms with Crippen molar-refractivity contribution < 1.29 is 0 Å². The highest BCUT2D eigenvalue weighted by atomic mass is 16.1. The number of nitrogens with zero attached hydrogens (tertiary/aromatic N) is 3. The van der Waals surface area contributed by atoms with Gasteiger partial charge in [-0.05, 0) is 81.3 Å². The summed E-state index contributed by atoms with van der Waals surface area (Å²) in [6.45, 7) is 6.38. The average molecular weight is 470 g/mol. The van der Waals surface area contributed by atoms with E-state index in [0.717, 1.165) is 42.3 Å². The molecule has 1 aliphatic rings. The van der Waals surface area contributed by atoms with Crippen LogP contribution in [0.15, 0.2) is 53.3 Å². The van der Waals surface area contributed by atoms with Crippen LogP contribution in [0.5, 0.6) is 0 Å². The van der Waals surface area contributed by atoms with Crippen molar-refractivity contribution in [3.63, 3.8) is 0 Å². The van der Waals surface area contributed by atoms with E-state index in [4.69, 9.17) is 11.1 Å². The quantitative estimate of drug-likeness (QED) is 0.267. The molecule has 1 saturated heterocycles. The van der Waals surface area contributed by atoms with E-state index >= 15 is 0 Å². The number of nitrogens with two attached hydrogens (primary N) is 1. The number of fused-ring (bicyclic) bond motifs is 1. The Hall–Kier alpha value is -3.43. The van der Waals surface area contributed by atoms with Gasteiger partial charge in [0, 0.05) is 29.8 Å². The summed E-state index contributed by atoms with van der Waals surface area (Å²) in [7, 11) is 0. The Kier molecular flexibility index (Phi) is 7.67. The van der Waals surface area contributed by atoms with Gasteiger partial charge in [-0.1, -0.05) is 37.1 Å². The molecule has 0 aliphatic carbocycles. The van der Waals surface area contributed by atoms with Crippen molar-refractivity contribution in [3.8, 4) is 17.2 Å². The largest absolute Gasteiger partial charge is 0.384 e. The standard InChI is InChI=1S/C29H35N5O/c1-20-8-6-9-21(2)33(20)14-4-3-5-15-34-27-16-22(19-30)12-13-24(27)18-26(29(34)35)23-10-7-11-25(17-23)28(31)32/h7,10-13,16-18,20-21H,3-6,8-9,14-15H2,1-2H3,(H3,31,32)/t20-,21+. The molecule has 4 rings (SSSR count). The summed E-state index contributed by atoms with van der Waals surface area (Å²) in [6, 6.07) is 18.1. The number of aryl methyl sites for hydroxylation is 1. The van der Waals surface area contributed by atoms with Crippen molar-refractivity contribution in [2.75, 3.05) is 6.54 Å². The zero-order valence-corrected chi connectivity index (χ0v) is 20.8. The smallest absolute Gasteiger partial charge is 0.258 e. The highest BCUT2D eigenvalue weighted by Crippen LogP contribution is 2.25. The fourth-order valence-corrected chi connectivity index (χ4v) is 5.38. The second-order valence-corrected chi connectivity index (χ2v) is 9.82. The first kappa shape index (κ1) is 24.7. The van der Waals surface area contributed by atoms with Crippen LogP contribution >= 0.6 is 0 Å². The molecular formula is C29H35N5O. The van der Waals surface area contributed by atoms with Crippen LogP contribution in [0.4, 0.5) is 0 Å². The number of pyridine rings is 1. The lowest BCUT2D eigenvalue weighted by Gasteiger charge is -2.39. The van der Waals surface area contributed by atoms with Crippen LogP contribution in [0.1, 0.15) is 63.5 Å². The van der Waals surface area contributed by atoms with Crippen LogP contribution in [-0.4, -0.2) is 33.9 Å². The third kappa shape index (κ3) is 5.47. The molecule has 6 heteroatoms. The molecule has 1 aliphatic heterocycles. The van der Waals surface area contributed by atoms with Crippen molar-refractivity contribution in [1.29, 1.82) is 10.7 Å². The van der Waals surface area contributed by atoms with Crippen molar-refractivity contribution in [1.82, 2.24) is 9.47 Å². The van der Waals surface area contributed by atoms with Gasteiger partial charge in [-0.2, -0.15) is 5.26 Å². The normalized spacial score (nSPS) is 18.4. The molecule has 35 heavy (non-hydrogen) atoms. The van der Waals surface area contributed by atoms with Crippen molar-refractivity contribution in [3.05, 3.63) is 70.0 Å². The first-order valence-corrected chi connectivity index (χ1v) is 12.7. The molecule has 2 aromatic carbocycles. The Balaban J connectivity index is 1.58. The average Bonchev–Trinajstić information content (AvgIpc) is 2.86. The minimum absolute atomic E-state index is 0.0241. The summed E-state index contributed by atoms with van der Waals surface area (Å²) in [5.41, 5.74) is 8.86.